The van der Waals surface area contributed by atoms with Crippen molar-refractivity contribution in [2.24, 2.45) is 23.7 Å². The third-order valence-corrected chi connectivity index (χ3v) is 3.98. The van der Waals surface area contributed by atoms with Crippen LogP contribution >= 0.6 is 0 Å². The van der Waals surface area contributed by atoms with Crippen molar-refractivity contribution in [3.63, 3.8) is 0 Å². The molecule has 0 heteroatoms. The standard InChI is InChI=1S/C12H16/c1-3-9(4-1)11-7-8-12(11)10-5-2-6-10/h1,3,7-12H,2,4-6H2. The van der Waals surface area contributed by atoms with Crippen molar-refractivity contribution in [3.05, 3.63) is 24.3 Å². The summed E-state index contributed by atoms with van der Waals surface area (Å²) in [5.41, 5.74) is 0. The quantitative estimate of drug-likeness (QED) is 0.544. The molecule has 1 fully saturated rings. The van der Waals surface area contributed by atoms with Crippen molar-refractivity contribution in [1.82, 2.24) is 0 Å². The number of allylic oxidation sites excluding steroid dienone is 4. The second kappa shape index (κ2) is 2.48. The van der Waals surface area contributed by atoms with Crippen LogP contribution in [-0.4, -0.2) is 0 Å². The van der Waals surface area contributed by atoms with Gasteiger partial charge in [-0.05, 0) is 42.9 Å². The van der Waals surface area contributed by atoms with E-state index in [1.165, 1.54) is 25.7 Å². The van der Waals surface area contributed by atoms with Crippen molar-refractivity contribution in [2.45, 2.75) is 25.7 Å². The van der Waals surface area contributed by atoms with Crippen LogP contribution in [0.3, 0.4) is 0 Å². The van der Waals surface area contributed by atoms with Gasteiger partial charge in [0.15, 0.2) is 0 Å². The number of hydrogen-bond acceptors (Lipinski definition) is 0. The molecule has 0 spiro atoms. The van der Waals surface area contributed by atoms with Crippen LogP contribution in [0.4, 0.5) is 0 Å². The van der Waals surface area contributed by atoms with Crippen molar-refractivity contribution in [2.75, 3.05) is 0 Å². The lowest BCUT2D eigenvalue weighted by atomic mass is 9.60. The molecule has 0 heterocycles. The van der Waals surface area contributed by atoms with Crippen LogP contribution < -0.4 is 0 Å². The van der Waals surface area contributed by atoms with Gasteiger partial charge >= 0.3 is 0 Å². The van der Waals surface area contributed by atoms with Crippen LogP contribution in [-0.2, 0) is 0 Å². The van der Waals surface area contributed by atoms with Gasteiger partial charge in [-0.25, -0.2) is 0 Å². The van der Waals surface area contributed by atoms with Gasteiger partial charge in [0.05, 0.1) is 0 Å². The van der Waals surface area contributed by atoms with E-state index in [0.717, 1.165) is 23.7 Å². The molecule has 0 aromatic carbocycles. The van der Waals surface area contributed by atoms with Gasteiger partial charge in [-0.15, -0.1) is 0 Å². The molecule has 0 bridgehead atoms. The van der Waals surface area contributed by atoms with Crippen LogP contribution in [0.25, 0.3) is 0 Å². The second-order valence-corrected chi connectivity index (χ2v) is 4.56. The fourth-order valence-electron chi connectivity index (χ4n) is 2.67. The van der Waals surface area contributed by atoms with Crippen LogP contribution in [0.1, 0.15) is 25.7 Å². The Morgan fingerprint density at radius 3 is 2.00 bits per heavy atom. The minimum Gasteiger partial charge on any atom is -0.0876 e. The predicted molar refractivity (Wildman–Crippen MR) is 50.7 cm³/mol. The molecule has 12 heavy (non-hydrogen) atoms. The van der Waals surface area contributed by atoms with Gasteiger partial charge in [-0.1, -0.05) is 30.7 Å². The van der Waals surface area contributed by atoms with E-state index in [1.54, 1.807) is 0 Å². The highest BCUT2D eigenvalue weighted by atomic mass is 14.4. The van der Waals surface area contributed by atoms with Gasteiger partial charge < -0.3 is 0 Å². The third kappa shape index (κ3) is 0.840. The zero-order valence-electron chi connectivity index (χ0n) is 7.45. The zero-order chi connectivity index (χ0) is 7.97. The molecule has 0 saturated heterocycles. The van der Waals surface area contributed by atoms with E-state index in [0.29, 0.717) is 0 Å². The molecule has 0 N–H and O–H groups in total. The Hall–Kier alpha value is -0.520. The Morgan fingerprint density at radius 2 is 1.67 bits per heavy atom. The van der Waals surface area contributed by atoms with Gasteiger partial charge in [0, 0.05) is 0 Å². The minimum absolute atomic E-state index is 0.917. The molecule has 0 aromatic heterocycles. The summed E-state index contributed by atoms with van der Waals surface area (Å²) in [4.78, 5) is 0. The summed E-state index contributed by atoms with van der Waals surface area (Å²) >= 11 is 0. The van der Waals surface area contributed by atoms with Crippen LogP contribution in [0.15, 0.2) is 24.3 Å². The molecular formula is C12H16. The lowest BCUT2D eigenvalue weighted by Gasteiger charge is -2.44. The lowest BCUT2D eigenvalue weighted by molar-refractivity contribution is 0.156. The van der Waals surface area contributed by atoms with E-state index >= 15 is 0 Å². The van der Waals surface area contributed by atoms with Gasteiger partial charge in [0.1, 0.15) is 0 Å². The maximum absolute atomic E-state index is 2.46. The average Bonchev–Trinajstić information content (AvgIpc) is 1.84. The predicted octanol–water partition coefficient (Wildman–Crippen LogP) is 3.16. The van der Waals surface area contributed by atoms with Gasteiger partial charge in [0.25, 0.3) is 0 Å². The summed E-state index contributed by atoms with van der Waals surface area (Å²) in [6.45, 7) is 0. The van der Waals surface area contributed by atoms with Gasteiger partial charge in [-0.3, -0.25) is 0 Å². The highest BCUT2D eigenvalue weighted by Crippen LogP contribution is 2.48. The zero-order valence-corrected chi connectivity index (χ0v) is 7.45. The number of rotatable bonds is 2. The molecule has 64 valence electrons. The summed E-state index contributed by atoms with van der Waals surface area (Å²) in [7, 11) is 0. The first-order valence-corrected chi connectivity index (χ1v) is 5.30. The Labute approximate surface area is 74.4 Å². The maximum atomic E-state index is 2.46. The lowest BCUT2D eigenvalue weighted by Crippen LogP contribution is -2.36. The van der Waals surface area contributed by atoms with Crippen LogP contribution in [0.5, 0.6) is 0 Å². The van der Waals surface area contributed by atoms with Crippen LogP contribution in [0.2, 0.25) is 0 Å². The average molecular weight is 160 g/mol. The second-order valence-electron chi connectivity index (χ2n) is 4.56. The molecule has 3 unspecified atom stereocenters. The fraction of sp³-hybridized carbons (Fsp3) is 0.667. The Kier molecular flexibility index (Phi) is 1.44. The summed E-state index contributed by atoms with van der Waals surface area (Å²) in [5.74, 6) is 3.88. The summed E-state index contributed by atoms with van der Waals surface area (Å²) in [6, 6.07) is 0. The largest absolute Gasteiger partial charge is 0.0876 e. The Bertz CT molecular complexity index is 232. The number of hydrogen-bond donors (Lipinski definition) is 0. The normalized spacial score (nSPS) is 44.8. The van der Waals surface area contributed by atoms with E-state index in [4.69, 9.17) is 0 Å². The summed E-state index contributed by atoms with van der Waals surface area (Å²) in [6.07, 6.45) is 15.5. The minimum atomic E-state index is 0.917. The smallest absolute Gasteiger partial charge is 0.0102 e. The Morgan fingerprint density at radius 1 is 0.917 bits per heavy atom. The highest BCUT2D eigenvalue weighted by molar-refractivity contribution is 5.20. The molecular weight excluding hydrogens is 144 g/mol. The van der Waals surface area contributed by atoms with E-state index in [-0.39, 0.29) is 0 Å². The molecule has 0 aliphatic heterocycles. The van der Waals surface area contributed by atoms with Gasteiger partial charge in [0.2, 0.25) is 0 Å². The monoisotopic (exact) mass is 160 g/mol. The van der Waals surface area contributed by atoms with Crippen molar-refractivity contribution >= 4 is 0 Å². The van der Waals surface area contributed by atoms with E-state index in [9.17, 15) is 0 Å². The molecule has 1 saturated carbocycles. The highest BCUT2D eigenvalue weighted by Gasteiger charge is 2.38. The summed E-state index contributed by atoms with van der Waals surface area (Å²) in [5, 5.41) is 0. The first-order valence-electron chi connectivity index (χ1n) is 5.30. The topological polar surface area (TPSA) is 0 Å². The molecule has 3 aliphatic rings. The SMILES string of the molecule is C1=CC(C2C=CC2C2CCC2)C1. The molecule has 3 aliphatic carbocycles. The third-order valence-electron chi connectivity index (χ3n) is 3.98. The van der Waals surface area contributed by atoms with Crippen molar-refractivity contribution in [3.8, 4) is 0 Å². The van der Waals surface area contributed by atoms with E-state index < -0.39 is 0 Å². The Balaban J connectivity index is 1.66. The maximum Gasteiger partial charge on any atom is -0.0102 e. The molecule has 0 radical (unpaired) electrons. The molecule has 0 amide bonds. The molecule has 3 atom stereocenters. The van der Waals surface area contributed by atoms with E-state index in [1.807, 2.05) is 0 Å². The fourth-order valence-corrected chi connectivity index (χ4v) is 2.67. The molecule has 0 aromatic rings. The molecule has 0 nitrogen and oxygen atoms in total. The van der Waals surface area contributed by atoms with Crippen LogP contribution in [0, 0.1) is 23.7 Å². The molecule has 3 rings (SSSR count). The first kappa shape index (κ1) is 6.94. The summed E-state index contributed by atoms with van der Waals surface area (Å²) < 4.78 is 0. The van der Waals surface area contributed by atoms with Gasteiger partial charge in [-0.2, -0.15) is 0 Å². The first-order chi connectivity index (χ1) is 5.95. The van der Waals surface area contributed by atoms with Crippen molar-refractivity contribution in [1.29, 1.82) is 0 Å². The van der Waals surface area contributed by atoms with E-state index in [2.05, 4.69) is 24.3 Å². The van der Waals surface area contributed by atoms with Crippen molar-refractivity contribution < 1.29 is 0 Å².